The molecule has 158 valence electrons. The molecule has 0 unspecified atom stereocenters. The lowest BCUT2D eigenvalue weighted by atomic mass is 10.0. The molecule has 0 radical (unpaired) electrons. The van der Waals surface area contributed by atoms with Crippen LogP contribution in [0.1, 0.15) is 29.9 Å². The van der Waals surface area contributed by atoms with E-state index in [2.05, 4.69) is 9.72 Å². The molecule has 0 aliphatic carbocycles. The monoisotopic (exact) mass is 439 g/mol. The zero-order chi connectivity index (χ0) is 22.3. The number of rotatable bonds is 5. The van der Waals surface area contributed by atoms with E-state index < -0.39 is 12.2 Å². The fraction of sp³-hybridized carbons (Fsp3) is 0.182. The number of alkyl halides is 3. The summed E-state index contributed by atoms with van der Waals surface area (Å²) < 4.78 is 54.2. The molecule has 0 atom stereocenters. The zero-order valence-corrected chi connectivity index (χ0v) is 16.9. The summed E-state index contributed by atoms with van der Waals surface area (Å²) in [5.41, 5.74) is 1.56. The maximum Gasteiger partial charge on any atom is 0.573 e. The Kier molecular flexibility index (Phi) is 7.94. The Morgan fingerprint density at radius 2 is 1.63 bits per heavy atom. The minimum Gasteiger partial charge on any atom is -0.406 e. The van der Waals surface area contributed by atoms with Crippen molar-refractivity contribution in [1.29, 1.82) is 0 Å². The highest BCUT2D eigenvalue weighted by atomic mass is 35.5. The number of aromatic nitrogens is 1. The third kappa shape index (κ3) is 6.56. The number of carbonyl (C=O) groups is 1. The number of hydrogen-bond acceptors (Lipinski definition) is 3. The van der Waals surface area contributed by atoms with Gasteiger partial charge in [-0.3, -0.25) is 9.78 Å². The molecule has 0 saturated carbocycles. The molecule has 3 rings (SSSR count). The molecular formula is C22H18ClF4NO2. The van der Waals surface area contributed by atoms with E-state index >= 15 is 0 Å². The minimum atomic E-state index is -4.76. The predicted octanol–water partition coefficient (Wildman–Crippen LogP) is 6.89. The molecule has 0 fully saturated rings. The van der Waals surface area contributed by atoms with Crippen LogP contribution in [-0.4, -0.2) is 17.1 Å². The molecule has 8 heteroatoms. The fourth-order valence-corrected chi connectivity index (χ4v) is 2.67. The second kappa shape index (κ2) is 10.2. The molecule has 0 N–H and O–H groups in total. The highest BCUT2D eigenvalue weighted by Crippen LogP contribution is 2.26. The van der Waals surface area contributed by atoms with Gasteiger partial charge in [0.05, 0.1) is 0 Å². The average Bonchev–Trinajstić information content (AvgIpc) is 2.71. The van der Waals surface area contributed by atoms with E-state index in [0.717, 1.165) is 6.07 Å². The van der Waals surface area contributed by atoms with Crippen LogP contribution in [0.5, 0.6) is 5.75 Å². The van der Waals surface area contributed by atoms with Gasteiger partial charge < -0.3 is 4.74 Å². The lowest BCUT2D eigenvalue weighted by Gasteiger charge is -2.09. The number of nitrogens with zero attached hydrogens (tertiary/aromatic N) is 1. The fourth-order valence-electron chi connectivity index (χ4n) is 2.51. The van der Waals surface area contributed by atoms with Crippen molar-refractivity contribution >= 4 is 17.4 Å². The van der Waals surface area contributed by atoms with E-state index in [0.29, 0.717) is 11.1 Å². The number of ether oxygens (including phenoxy) is 1. The van der Waals surface area contributed by atoms with Crippen LogP contribution in [0.2, 0.25) is 5.02 Å². The van der Waals surface area contributed by atoms with Gasteiger partial charge in [-0.2, -0.15) is 0 Å². The first kappa shape index (κ1) is 23.3. The number of pyridine rings is 1. The van der Waals surface area contributed by atoms with E-state index in [-0.39, 0.29) is 34.2 Å². The SMILES string of the molecule is CC.O=C(Cc1ccc(Cl)cc1F)c1ccc(-c2ccc(OC(F)(F)F)cc2)cn1. The van der Waals surface area contributed by atoms with Crippen LogP contribution in [-0.2, 0) is 6.42 Å². The Balaban J connectivity index is 0.00000155. The van der Waals surface area contributed by atoms with Crippen molar-refractivity contribution in [3.8, 4) is 16.9 Å². The lowest BCUT2D eigenvalue weighted by molar-refractivity contribution is -0.274. The highest BCUT2D eigenvalue weighted by Gasteiger charge is 2.30. The van der Waals surface area contributed by atoms with Crippen molar-refractivity contribution in [2.45, 2.75) is 26.6 Å². The Bertz CT molecular complexity index is 988. The van der Waals surface area contributed by atoms with Crippen LogP contribution in [0.15, 0.2) is 60.8 Å². The number of halogens is 5. The van der Waals surface area contributed by atoms with Crippen molar-refractivity contribution < 1.29 is 27.1 Å². The second-order valence-electron chi connectivity index (χ2n) is 5.84. The van der Waals surface area contributed by atoms with Gasteiger partial charge in [-0.25, -0.2) is 4.39 Å². The normalized spacial score (nSPS) is 10.8. The van der Waals surface area contributed by atoms with Crippen LogP contribution < -0.4 is 4.74 Å². The molecule has 0 aliphatic rings. The second-order valence-corrected chi connectivity index (χ2v) is 6.28. The summed E-state index contributed by atoms with van der Waals surface area (Å²) >= 11 is 5.69. The topological polar surface area (TPSA) is 39.2 Å². The molecule has 2 aromatic carbocycles. The van der Waals surface area contributed by atoms with E-state index in [1.165, 1.54) is 48.7 Å². The summed E-state index contributed by atoms with van der Waals surface area (Å²) in [5, 5.41) is 0.239. The van der Waals surface area contributed by atoms with Crippen molar-refractivity contribution in [2.75, 3.05) is 0 Å². The molecule has 0 bridgehead atoms. The van der Waals surface area contributed by atoms with Crippen molar-refractivity contribution in [2.24, 2.45) is 0 Å². The maximum absolute atomic E-state index is 13.8. The maximum atomic E-state index is 13.8. The van der Waals surface area contributed by atoms with Crippen LogP contribution in [0.25, 0.3) is 11.1 Å². The van der Waals surface area contributed by atoms with Crippen LogP contribution in [0.4, 0.5) is 17.6 Å². The first-order valence-corrected chi connectivity index (χ1v) is 9.38. The van der Waals surface area contributed by atoms with Gasteiger partial charge in [-0.05, 0) is 41.5 Å². The summed E-state index contributed by atoms with van der Waals surface area (Å²) in [4.78, 5) is 16.4. The first-order valence-electron chi connectivity index (χ1n) is 9.00. The summed E-state index contributed by atoms with van der Waals surface area (Å²) in [6.07, 6.45) is -3.50. The van der Waals surface area contributed by atoms with Gasteiger partial charge in [0.2, 0.25) is 0 Å². The number of carbonyl (C=O) groups excluding carboxylic acids is 1. The Morgan fingerprint density at radius 3 is 2.17 bits per heavy atom. The zero-order valence-electron chi connectivity index (χ0n) is 16.1. The summed E-state index contributed by atoms with van der Waals surface area (Å²) in [5.74, 6) is -1.28. The van der Waals surface area contributed by atoms with Gasteiger partial charge in [0, 0.05) is 23.2 Å². The van der Waals surface area contributed by atoms with Crippen LogP contribution in [0, 0.1) is 5.82 Å². The van der Waals surface area contributed by atoms with Gasteiger partial charge >= 0.3 is 6.36 Å². The Morgan fingerprint density at radius 1 is 1.00 bits per heavy atom. The molecular weight excluding hydrogens is 422 g/mol. The quantitative estimate of drug-likeness (QED) is 0.321. The summed E-state index contributed by atoms with van der Waals surface area (Å²) in [6.45, 7) is 4.00. The standard InChI is InChI=1S/C20H12ClF4NO2.C2H6/c21-15-5-1-13(17(22)10-15)9-19(27)18-8-4-14(11-26-18)12-2-6-16(7-3-12)28-20(23,24)25;1-2/h1-8,10-11H,9H2;1-2H3. The predicted molar refractivity (Wildman–Crippen MR) is 107 cm³/mol. The molecule has 0 aliphatic heterocycles. The molecule has 30 heavy (non-hydrogen) atoms. The molecule has 3 aromatic rings. The van der Waals surface area contributed by atoms with E-state index in [1.807, 2.05) is 13.8 Å². The number of Topliss-reactive ketones (excluding diaryl/α,β-unsaturated/α-hetero) is 1. The van der Waals surface area contributed by atoms with Gasteiger partial charge in [-0.15, -0.1) is 13.2 Å². The highest BCUT2D eigenvalue weighted by molar-refractivity contribution is 6.30. The van der Waals surface area contributed by atoms with Gasteiger partial charge in [0.1, 0.15) is 17.3 Å². The molecule has 0 saturated heterocycles. The number of ketones is 1. The molecule has 1 aromatic heterocycles. The molecule has 0 amide bonds. The average molecular weight is 440 g/mol. The summed E-state index contributed by atoms with van der Waals surface area (Å²) in [7, 11) is 0. The van der Waals surface area contributed by atoms with Gasteiger partial charge in [-0.1, -0.05) is 49.7 Å². The van der Waals surface area contributed by atoms with E-state index in [9.17, 15) is 22.4 Å². The van der Waals surface area contributed by atoms with Crippen molar-refractivity contribution in [3.05, 3.63) is 82.9 Å². The molecule has 3 nitrogen and oxygen atoms in total. The third-order valence-electron chi connectivity index (χ3n) is 3.84. The Hall–Kier alpha value is -2.93. The smallest absolute Gasteiger partial charge is 0.406 e. The molecule has 1 heterocycles. The largest absolute Gasteiger partial charge is 0.573 e. The summed E-state index contributed by atoms with van der Waals surface area (Å²) in [6, 6.07) is 12.4. The van der Waals surface area contributed by atoms with Gasteiger partial charge in [0.15, 0.2) is 5.78 Å². The van der Waals surface area contributed by atoms with Gasteiger partial charge in [0.25, 0.3) is 0 Å². The Labute approximate surface area is 176 Å². The first-order chi connectivity index (χ1) is 14.2. The third-order valence-corrected chi connectivity index (χ3v) is 4.07. The van der Waals surface area contributed by atoms with E-state index in [1.54, 1.807) is 6.07 Å². The van der Waals surface area contributed by atoms with Crippen molar-refractivity contribution in [3.63, 3.8) is 0 Å². The van der Waals surface area contributed by atoms with E-state index in [4.69, 9.17) is 11.6 Å². The minimum absolute atomic E-state index is 0.148. The number of benzene rings is 2. The molecule has 0 spiro atoms. The lowest BCUT2D eigenvalue weighted by Crippen LogP contribution is -2.16. The number of hydrogen-bond donors (Lipinski definition) is 0. The van der Waals surface area contributed by atoms with Crippen molar-refractivity contribution in [1.82, 2.24) is 4.98 Å². The van der Waals surface area contributed by atoms with Crippen LogP contribution >= 0.6 is 11.6 Å². The van der Waals surface area contributed by atoms with Crippen LogP contribution in [0.3, 0.4) is 0 Å².